The summed E-state index contributed by atoms with van der Waals surface area (Å²) in [6.45, 7) is 8.97. The van der Waals surface area contributed by atoms with Crippen molar-refractivity contribution in [3.8, 4) is 11.3 Å². The highest BCUT2D eigenvalue weighted by atomic mass is 16.3. The molecule has 0 bridgehead atoms. The number of furan rings is 1. The maximum Gasteiger partial charge on any atom is 0.200 e. The molecule has 4 heteroatoms. The van der Waals surface area contributed by atoms with Gasteiger partial charge in [-0.25, -0.2) is 4.98 Å². The first-order valence-electron chi connectivity index (χ1n) is 14.7. The molecule has 0 radical (unpaired) electrons. The van der Waals surface area contributed by atoms with Crippen LogP contribution in [0.25, 0.3) is 55.1 Å². The Morgan fingerprint density at radius 2 is 1.72 bits per heavy atom. The molecule has 36 heavy (non-hydrogen) atoms. The fourth-order valence-electron chi connectivity index (χ4n) is 4.64. The number of fused-ring (bicyclic) bond motifs is 6. The van der Waals surface area contributed by atoms with Gasteiger partial charge in [-0.05, 0) is 65.5 Å². The predicted octanol–water partition coefficient (Wildman–Crippen LogP) is 9.14. The summed E-state index contributed by atoms with van der Waals surface area (Å²) in [7, 11) is 0. The first-order chi connectivity index (χ1) is 19.0. The molecule has 0 saturated carbocycles. The van der Waals surface area contributed by atoms with Crippen LogP contribution in [0.15, 0.2) is 63.6 Å². The molecule has 0 unspecified atom stereocenters. The Hall–Kier alpha value is -3.66. The molecule has 3 aromatic carbocycles. The van der Waals surface area contributed by atoms with E-state index >= 15 is 0 Å². The lowest BCUT2D eigenvalue weighted by molar-refractivity contribution is 0.410. The van der Waals surface area contributed by atoms with E-state index in [1.165, 1.54) is 6.20 Å². The summed E-state index contributed by atoms with van der Waals surface area (Å²) in [5, 5.41) is 3.75. The van der Waals surface area contributed by atoms with Crippen molar-refractivity contribution >= 4 is 43.8 Å². The predicted molar refractivity (Wildman–Crippen MR) is 149 cm³/mol. The van der Waals surface area contributed by atoms with E-state index in [2.05, 4.69) is 31.8 Å². The zero-order valence-electron chi connectivity index (χ0n) is 26.4. The van der Waals surface area contributed by atoms with Gasteiger partial charge in [0, 0.05) is 40.2 Å². The quantitative estimate of drug-likeness (QED) is 0.247. The largest absolute Gasteiger partial charge is 0.455 e. The Morgan fingerprint density at radius 3 is 2.47 bits per heavy atom. The number of aromatic nitrogens is 2. The molecule has 0 saturated heterocycles. The maximum absolute atomic E-state index is 8.89. The Morgan fingerprint density at radius 1 is 0.889 bits per heavy atom. The SMILES string of the molecule is [2H]C([2H])([2H])c1cnc(-c2cccc3c2oc2cc4c(ccc5oc(C(C)(C)C)nc54)cc23)cc1C([2H])([2H])C(C)(C)C. The second kappa shape index (κ2) is 7.67. The second-order valence-electron chi connectivity index (χ2n) is 11.5. The van der Waals surface area contributed by atoms with E-state index in [0.29, 0.717) is 28.3 Å². The molecule has 0 aliphatic heterocycles. The number of hydrogen-bond donors (Lipinski definition) is 0. The minimum atomic E-state index is -2.51. The van der Waals surface area contributed by atoms with Gasteiger partial charge in [-0.3, -0.25) is 4.98 Å². The van der Waals surface area contributed by atoms with Gasteiger partial charge in [0.2, 0.25) is 5.89 Å². The zero-order chi connectivity index (χ0) is 29.7. The van der Waals surface area contributed by atoms with Crippen LogP contribution in [0.3, 0.4) is 0 Å². The van der Waals surface area contributed by atoms with Crippen molar-refractivity contribution in [3.63, 3.8) is 0 Å². The zero-order valence-corrected chi connectivity index (χ0v) is 21.4. The van der Waals surface area contributed by atoms with Crippen molar-refractivity contribution in [2.45, 2.75) is 60.2 Å². The van der Waals surface area contributed by atoms with E-state index in [4.69, 9.17) is 20.7 Å². The molecule has 0 aliphatic rings. The molecule has 0 N–H and O–H groups in total. The molecule has 0 amide bonds. The van der Waals surface area contributed by atoms with Crippen LogP contribution in [0.5, 0.6) is 0 Å². The third kappa shape index (κ3) is 3.76. The molecule has 6 aromatic rings. The summed E-state index contributed by atoms with van der Waals surface area (Å²) >= 11 is 0. The van der Waals surface area contributed by atoms with Gasteiger partial charge in [-0.2, -0.15) is 0 Å². The summed E-state index contributed by atoms with van der Waals surface area (Å²) < 4.78 is 54.4. The summed E-state index contributed by atoms with van der Waals surface area (Å²) in [5.74, 6) is 0.671. The standard InChI is InChI=1S/C32H32N2O2/c1-18-17-33-25(14-20(18)16-31(2,3)4)22-10-8-9-21-24-13-19-11-12-26-28(34-30(36-26)32(5,6)7)23(19)15-27(24)35-29(21)22/h8-15,17H,16H2,1-7H3/i1D3,16D2. The van der Waals surface area contributed by atoms with Crippen molar-refractivity contribution in [1.29, 1.82) is 0 Å². The molecular formula is C32H32N2O2. The van der Waals surface area contributed by atoms with Crippen LogP contribution in [0, 0.1) is 12.3 Å². The van der Waals surface area contributed by atoms with Gasteiger partial charge in [-0.1, -0.05) is 59.7 Å². The minimum Gasteiger partial charge on any atom is -0.455 e. The van der Waals surface area contributed by atoms with E-state index < -0.39 is 18.6 Å². The first kappa shape index (κ1) is 17.7. The van der Waals surface area contributed by atoms with Gasteiger partial charge in [0.25, 0.3) is 0 Å². The number of oxazole rings is 1. The van der Waals surface area contributed by atoms with Crippen molar-refractivity contribution in [1.82, 2.24) is 9.97 Å². The number of pyridine rings is 1. The van der Waals surface area contributed by atoms with Crippen LogP contribution in [0.1, 0.15) is 65.4 Å². The van der Waals surface area contributed by atoms with Crippen LogP contribution >= 0.6 is 0 Å². The first-order valence-corrected chi connectivity index (χ1v) is 12.2. The topological polar surface area (TPSA) is 52.1 Å². The number of aryl methyl sites for hydroxylation is 1. The molecular weight excluding hydrogens is 444 g/mol. The van der Waals surface area contributed by atoms with Crippen LogP contribution in [-0.4, -0.2) is 9.97 Å². The van der Waals surface area contributed by atoms with E-state index in [1.54, 1.807) is 26.8 Å². The van der Waals surface area contributed by atoms with Crippen molar-refractivity contribution in [2.75, 3.05) is 0 Å². The summed E-state index contributed by atoms with van der Waals surface area (Å²) in [6.07, 6.45) is -0.645. The van der Waals surface area contributed by atoms with Crippen molar-refractivity contribution in [3.05, 3.63) is 71.7 Å². The van der Waals surface area contributed by atoms with E-state index in [1.807, 2.05) is 36.4 Å². The Labute approximate surface area is 218 Å². The number of para-hydroxylation sites is 1. The van der Waals surface area contributed by atoms with E-state index in [0.717, 1.165) is 32.6 Å². The van der Waals surface area contributed by atoms with Crippen LogP contribution in [0.2, 0.25) is 0 Å². The van der Waals surface area contributed by atoms with E-state index in [9.17, 15) is 0 Å². The minimum absolute atomic E-state index is 0.0875. The van der Waals surface area contributed by atoms with Gasteiger partial charge >= 0.3 is 0 Å². The molecule has 0 aliphatic carbocycles. The third-order valence-electron chi connectivity index (χ3n) is 6.32. The molecule has 0 spiro atoms. The van der Waals surface area contributed by atoms with Crippen LogP contribution < -0.4 is 0 Å². The molecule has 182 valence electrons. The molecule has 6 rings (SSSR count). The van der Waals surface area contributed by atoms with Gasteiger partial charge in [0.15, 0.2) is 5.58 Å². The highest BCUT2D eigenvalue weighted by Crippen LogP contribution is 2.39. The number of benzene rings is 3. The lowest BCUT2D eigenvalue weighted by Crippen LogP contribution is -2.10. The maximum atomic E-state index is 8.89. The van der Waals surface area contributed by atoms with Gasteiger partial charge in [0.05, 0.1) is 5.69 Å². The van der Waals surface area contributed by atoms with E-state index in [-0.39, 0.29) is 16.5 Å². The average Bonchev–Trinajstić information content (AvgIpc) is 3.47. The van der Waals surface area contributed by atoms with Gasteiger partial charge in [-0.15, -0.1) is 0 Å². The summed E-state index contributed by atoms with van der Waals surface area (Å²) in [5.41, 5.74) is 2.83. The summed E-state index contributed by atoms with van der Waals surface area (Å²) in [6, 6.07) is 15.4. The normalized spacial score (nSPS) is 15.8. The monoisotopic (exact) mass is 481 g/mol. The number of nitrogens with zero attached hydrogens (tertiary/aromatic N) is 2. The molecule has 0 atom stereocenters. The fraction of sp³-hybridized carbons (Fsp3) is 0.312. The molecule has 3 heterocycles. The molecule has 3 aromatic heterocycles. The van der Waals surface area contributed by atoms with Crippen LogP contribution in [0.4, 0.5) is 0 Å². The average molecular weight is 482 g/mol. The Kier molecular flexibility index (Phi) is 3.77. The lowest BCUT2D eigenvalue weighted by Gasteiger charge is -2.20. The van der Waals surface area contributed by atoms with Crippen LogP contribution in [-0.2, 0) is 11.8 Å². The van der Waals surface area contributed by atoms with Gasteiger partial charge < -0.3 is 8.83 Å². The summed E-state index contributed by atoms with van der Waals surface area (Å²) in [4.78, 5) is 9.32. The molecule has 0 fully saturated rings. The lowest BCUT2D eigenvalue weighted by atomic mass is 9.86. The number of hydrogen-bond acceptors (Lipinski definition) is 4. The fourth-order valence-corrected chi connectivity index (χ4v) is 4.64. The van der Waals surface area contributed by atoms with Crippen molar-refractivity contribution in [2.24, 2.45) is 5.41 Å². The Balaban J connectivity index is 1.59. The number of rotatable bonds is 2. The third-order valence-corrected chi connectivity index (χ3v) is 6.32. The Bertz CT molecular complexity index is 1990. The highest BCUT2D eigenvalue weighted by Gasteiger charge is 2.23. The second-order valence-corrected chi connectivity index (χ2v) is 11.5. The smallest absolute Gasteiger partial charge is 0.200 e. The van der Waals surface area contributed by atoms with Crippen molar-refractivity contribution < 1.29 is 15.7 Å². The highest BCUT2D eigenvalue weighted by molar-refractivity contribution is 6.16. The molecule has 4 nitrogen and oxygen atoms in total. The van der Waals surface area contributed by atoms with Gasteiger partial charge in [0.1, 0.15) is 16.7 Å².